The molecule has 1 rings (SSSR count). The summed E-state index contributed by atoms with van der Waals surface area (Å²) in [5.74, 6) is -0.695. The summed E-state index contributed by atoms with van der Waals surface area (Å²) in [6.45, 7) is -0.640. The third-order valence-electron chi connectivity index (χ3n) is 2.97. The number of carbonyl (C=O) groups excluding carboxylic acids is 1. The van der Waals surface area contributed by atoms with Gasteiger partial charge in [0.1, 0.15) is 5.41 Å². The van der Waals surface area contributed by atoms with E-state index in [9.17, 15) is 13.6 Å². The molecule has 7 heteroatoms. The van der Waals surface area contributed by atoms with E-state index in [0.29, 0.717) is 12.8 Å². The number of halogens is 2. The zero-order valence-corrected chi connectivity index (χ0v) is 8.99. The summed E-state index contributed by atoms with van der Waals surface area (Å²) in [5.41, 5.74) is 4.38. The number of oxime groups is 1. The van der Waals surface area contributed by atoms with Crippen molar-refractivity contribution < 1.29 is 18.8 Å². The first-order valence-electron chi connectivity index (χ1n) is 4.96. The second kappa shape index (κ2) is 4.63. The first-order valence-corrected chi connectivity index (χ1v) is 4.96. The van der Waals surface area contributed by atoms with Crippen molar-refractivity contribution in [3.63, 3.8) is 0 Å². The summed E-state index contributed by atoms with van der Waals surface area (Å²) in [6.07, 6.45) is -0.937. The molecule has 0 heterocycles. The molecule has 16 heavy (non-hydrogen) atoms. The van der Waals surface area contributed by atoms with Crippen LogP contribution in [-0.4, -0.2) is 41.9 Å². The Hall–Kier alpha value is -1.40. The minimum absolute atomic E-state index is 0.190. The van der Waals surface area contributed by atoms with Crippen molar-refractivity contribution in [2.45, 2.75) is 25.7 Å². The van der Waals surface area contributed by atoms with Gasteiger partial charge in [-0.1, -0.05) is 11.6 Å². The molecule has 3 N–H and O–H groups in total. The van der Waals surface area contributed by atoms with Crippen molar-refractivity contribution in [2.24, 2.45) is 16.3 Å². The van der Waals surface area contributed by atoms with Gasteiger partial charge in [0.2, 0.25) is 5.91 Å². The van der Waals surface area contributed by atoms with E-state index in [1.165, 1.54) is 7.05 Å². The van der Waals surface area contributed by atoms with Crippen molar-refractivity contribution in [3.8, 4) is 0 Å². The van der Waals surface area contributed by atoms with Crippen LogP contribution in [0, 0.1) is 5.41 Å². The summed E-state index contributed by atoms with van der Waals surface area (Å²) in [5, 5.41) is 11.4. The molecular weight excluding hydrogens is 220 g/mol. The Kier molecular flexibility index (Phi) is 3.66. The van der Waals surface area contributed by atoms with Gasteiger partial charge >= 0.3 is 0 Å². The van der Waals surface area contributed by atoms with Crippen LogP contribution in [0.25, 0.3) is 0 Å². The molecule has 0 radical (unpaired) electrons. The standard InChI is InChI=1S/C9H15F2N3O2/c1-14(5-6(10)11)8(15)9(3-2-4-9)7(12)13-16/h6,16H,2-5H2,1H3,(H2,12,13). The second-order valence-corrected chi connectivity index (χ2v) is 4.00. The smallest absolute Gasteiger partial charge is 0.255 e. The molecule has 92 valence electrons. The largest absolute Gasteiger partial charge is 0.409 e. The fourth-order valence-corrected chi connectivity index (χ4v) is 1.86. The Labute approximate surface area is 91.9 Å². The average molecular weight is 235 g/mol. The van der Waals surface area contributed by atoms with Crippen LogP contribution in [0.4, 0.5) is 8.78 Å². The van der Waals surface area contributed by atoms with Gasteiger partial charge in [-0.15, -0.1) is 0 Å². The van der Waals surface area contributed by atoms with E-state index in [4.69, 9.17) is 10.9 Å². The fourth-order valence-electron chi connectivity index (χ4n) is 1.86. The van der Waals surface area contributed by atoms with Gasteiger partial charge in [0, 0.05) is 7.05 Å². The van der Waals surface area contributed by atoms with Crippen molar-refractivity contribution in [1.82, 2.24) is 4.90 Å². The minimum atomic E-state index is -2.58. The Morgan fingerprint density at radius 3 is 2.50 bits per heavy atom. The number of hydrogen-bond acceptors (Lipinski definition) is 3. The monoisotopic (exact) mass is 235 g/mol. The third kappa shape index (κ3) is 2.07. The molecule has 5 nitrogen and oxygen atoms in total. The number of alkyl halides is 2. The molecule has 0 unspecified atom stereocenters. The van der Waals surface area contributed by atoms with E-state index >= 15 is 0 Å². The summed E-state index contributed by atoms with van der Waals surface area (Å²) < 4.78 is 24.3. The number of carbonyl (C=O) groups is 1. The van der Waals surface area contributed by atoms with Gasteiger partial charge < -0.3 is 15.8 Å². The van der Waals surface area contributed by atoms with Crippen LogP contribution in [0.15, 0.2) is 5.16 Å². The van der Waals surface area contributed by atoms with Gasteiger partial charge in [-0.25, -0.2) is 8.78 Å². The lowest BCUT2D eigenvalue weighted by atomic mass is 9.67. The number of nitrogens with two attached hydrogens (primary N) is 1. The molecule has 0 aromatic rings. The normalized spacial score (nSPS) is 19.4. The Morgan fingerprint density at radius 1 is 1.62 bits per heavy atom. The molecule has 0 saturated heterocycles. The number of amidine groups is 1. The molecule has 1 aliphatic rings. The Morgan fingerprint density at radius 2 is 2.19 bits per heavy atom. The maximum atomic E-state index is 12.1. The van der Waals surface area contributed by atoms with Gasteiger partial charge in [0.05, 0.1) is 6.54 Å². The van der Waals surface area contributed by atoms with Crippen LogP contribution >= 0.6 is 0 Å². The molecular formula is C9H15F2N3O2. The molecule has 1 saturated carbocycles. The lowest BCUT2D eigenvalue weighted by Crippen LogP contribution is -2.55. The zero-order chi connectivity index (χ0) is 12.3. The van der Waals surface area contributed by atoms with E-state index < -0.39 is 24.3 Å². The molecule has 0 atom stereocenters. The summed E-state index contributed by atoms with van der Waals surface area (Å²) >= 11 is 0. The quantitative estimate of drug-likeness (QED) is 0.324. The van der Waals surface area contributed by atoms with Gasteiger partial charge in [-0.3, -0.25) is 4.79 Å². The lowest BCUT2D eigenvalue weighted by Gasteiger charge is -2.41. The number of nitrogens with zero attached hydrogens (tertiary/aromatic N) is 2. The van der Waals surface area contributed by atoms with Gasteiger partial charge in [-0.05, 0) is 12.8 Å². The lowest BCUT2D eigenvalue weighted by molar-refractivity contribution is -0.142. The van der Waals surface area contributed by atoms with Crippen molar-refractivity contribution in [1.29, 1.82) is 0 Å². The van der Waals surface area contributed by atoms with E-state index in [1.807, 2.05) is 0 Å². The van der Waals surface area contributed by atoms with Crippen LogP contribution in [0.5, 0.6) is 0 Å². The molecule has 0 aliphatic heterocycles. The SMILES string of the molecule is CN(CC(F)F)C(=O)C1(C(N)=NO)CCC1. The highest BCUT2D eigenvalue weighted by Crippen LogP contribution is 2.42. The predicted octanol–water partition coefficient (Wildman–Crippen LogP) is 0.627. The third-order valence-corrected chi connectivity index (χ3v) is 2.97. The van der Waals surface area contributed by atoms with Crippen molar-refractivity contribution >= 4 is 11.7 Å². The number of rotatable bonds is 4. The highest BCUT2D eigenvalue weighted by molar-refractivity contribution is 6.07. The number of hydrogen-bond donors (Lipinski definition) is 2. The molecule has 1 fully saturated rings. The fraction of sp³-hybridized carbons (Fsp3) is 0.778. The molecule has 1 amide bonds. The van der Waals surface area contributed by atoms with Gasteiger partial charge in [0.15, 0.2) is 5.84 Å². The molecule has 0 aromatic carbocycles. The minimum Gasteiger partial charge on any atom is -0.409 e. The van der Waals surface area contributed by atoms with Crippen molar-refractivity contribution in [3.05, 3.63) is 0 Å². The first-order chi connectivity index (χ1) is 7.44. The topological polar surface area (TPSA) is 78.9 Å². The van der Waals surface area contributed by atoms with E-state index in [2.05, 4.69) is 5.16 Å². The van der Waals surface area contributed by atoms with Crippen LogP contribution in [0.2, 0.25) is 0 Å². The average Bonchev–Trinajstić information content (AvgIpc) is 2.14. The van der Waals surface area contributed by atoms with E-state index in [0.717, 1.165) is 11.3 Å². The van der Waals surface area contributed by atoms with Crippen LogP contribution in [0.1, 0.15) is 19.3 Å². The molecule has 0 spiro atoms. The second-order valence-electron chi connectivity index (χ2n) is 4.00. The van der Waals surface area contributed by atoms with Crippen LogP contribution < -0.4 is 5.73 Å². The number of amides is 1. The van der Waals surface area contributed by atoms with Crippen molar-refractivity contribution in [2.75, 3.05) is 13.6 Å². The summed E-state index contributed by atoms with van der Waals surface area (Å²) in [6, 6.07) is 0. The molecule has 0 aromatic heterocycles. The first kappa shape index (κ1) is 12.7. The van der Waals surface area contributed by atoms with Crippen LogP contribution in [-0.2, 0) is 4.79 Å². The summed E-state index contributed by atoms with van der Waals surface area (Å²) in [7, 11) is 1.29. The highest BCUT2D eigenvalue weighted by Gasteiger charge is 2.49. The zero-order valence-electron chi connectivity index (χ0n) is 8.99. The Balaban J connectivity index is 2.78. The van der Waals surface area contributed by atoms with E-state index in [1.54, 1.807) is 0 Å². The summed E-state index contributed by atoms with van der Waals surface area (Å²) in [4.78, 5) is 12.8. The van der Waals surface area contributed by atoms with Crippen LogP contribution in [0.3, 0.4) is 0 Å². The van der Waals surface area contributed by atoms with E-state index in [-0.39, 0.29) is 5.84 Å². The highest BCUT2D eigenvalue weighted by atomic mass is 19.3. The predicted molar refractivity (Wildman–Crippen MR) is 53.3 cm³/mol. The maximum absolute atomic E-state index is 12.1. The van der Waals surface area contributed by atoms with Gasteiger partial charge in [-0.2, -0.15) is 0 Å². The maximum Gasteiger partial charge on any atom is 0.255 e. The van der Waals surface area contributed by atoms with Gasteiger partial charge in [0.25, 0.3) is 6.43 Å². The molecule has 1 aliphatic carbocycles. The Bertz CT molecular complexity index is 303. The molecule has 0 bridgehead atoms.